The van der Waals surface area contributed by atoms with Crippen molar-refractivity contribution in [2.45, 2.75) is 19.4 Å². The number of hydrogen-bond acceptors (Lipinski definition) is 3. The number of aliphatic carboxylic acids is 1. The molecule has 0 amide bonds. The van der Waals surface area contributed by atoms with Gasteiger partial charge in [0.25, 0.3) is 0 Å². The van der Waals surface area contributed by atoms with E-state index in [1.807, 2.05) is 24.4 Å². The highest BCUT2D eigenvalue weighted by molar-refractivity contribution is 5.81. The summed E-state index contributed by atoms with van der Waals surface area (Å²) < 4.78 is 0. The zero-order valence-electron chi connectivity index (χ0n) is 11.3. The average Bonchev–Trinajstić information content (AvgIpc) is 2.48. The number of nitrogens with zero attached hydrogens (tertiary/aromatic N) is 2. The minimum atomic E-state index is -0.654. The van der Waals surface area contributed by atoms with Gasteiger partial charge in [-0.2, -0.15) is 0 Å². The molecule has 1 saturated heterocycles. The molecule has 1 fully saturated rings. The molecule has 0 spiro atoms. The average molecular weight is 270 g/mol. The molecule has 2 aromatic rings. The third-order valence-electron chi connectivity index (χ3n) is 4.07. The van der Waals surface area contributed by atoms with Crippen molar-refractivity contribution in [3.8, 4) is 0 Å². The standard InChI is InChI=1S/C16H18N2O2/c19-16(20)12-6-9-18(10-7-12)11-13-5-8-17-15-4-2-1-3-14(13)15/h1-5,8,12H,6-7,9-11H2,(H,19,20). The van der Waals surface area contributed by atoms with E-state index in [2.05, 4.69) is 22.0 Å². The lowest BCUT2D eigenvalue weighted by Crippen LogP contribution is -2.35. The van der Waals surface area contributed by atoms with E-state index in [0.29, 0.717) is 0 Å². The van der Waals surface area contributed by atoms with Crippen LogP contribution in [0.15, 0.2) is 36.5 Å². The Morgan fingerprint density at radius 3 is 2.75 bits per heavy atom. The lowest BCUT2D eigenvalue weighted by Gasteiger charge is -2.30. The lowest BCUT2D eigenvalue weighted by molar-refractivity contribution is -0.143. The molecule has 4 heteroatoms. The summed E-state index contributed by atoms with van der Waals surface area (Å²) >= 11 is 0. The highest BCUT2D eigenvalue weighted by Gasteiger charge is 2.24. The van der Waals surface area contributed by atoms with Gasteiger partial charge in [-0.1, -0.05) is 18.2 Å². The van der Waals surface area contributed by atoms with E-state index in [4.69, 9.17) is 5.11 Å². The first-order valence-corrected chi connectivity index (χ1v) is 7.02. The van der Waals surface area contributed by atoms with E-state index in [9.17, 15) is 4.79 Å². The van der Waals surface area contributed by atoms with E-state index in [1.54, 1.807) is 0 Å². The van der Waals surface area contributed by atoms with Gasteiger partial charge in [0.05, 0.1) is 11.4 Å². The Morgan fingerprint density at radius 1 is 1.25 bits per heavy atom. The molecule has 1 aromatic carbocycles. The Kier molecular flexibility index (Phi) is 3.65. The quantitative estimate of drug-likeness (QED) is 0.931. The number of likely N-dealkylation sites (tertiary alicyclic amines) is 1. The van der Waals surface area contributed by atoms with E-state index < -0.39 is 5.97 Å². The summed E-state index contributed by atoms with van der Waals surface area (Å²) in [5.41, 5.74) is 2.29. The molecule has 1 aliphatic rings. The monoisotopic (exact) mass is 270 g/mol. The van der Waals surface area contributed by atoms with Crippen molar-refractivity contribution in [3.63, 3.8) is 0 Å². The van der Waals surface area contributed by atoms with Gasteiger partial charge in [-0.15, -0.1) is 0 Å². The SMILES string of the molecule is O=C(O)C1CCN(Cc2ccnc3ccccc23)CC1. The van der Waals surface area contributed by atoms with Crippen LogP contribution in [-0.4, -0.2) is 34.0 Å². The van der Waals surface area contributed by atoms with Gasteiger partial charge in [-0.25, -0.2) is 0 Å². The maximum absolute atomic E-state index is 11.0. The molecule has 0 bridgehead atoms. The fraction of sp³-hybridized carbons (Fsp3) is 0.375. The molecular weight excluding hydrogens is 252 g/mol. The number of piperidine rings is 1. The van der Waals surface area contributed by atoms with Crippen LogP contribution in [0, 0.1) is 5.92 Å². The van der Waals surface area contributed by atoms with E-state index in [0.717, 1.165) is 38.0 Å². The van der Waals surface area contributed by atoms with Crippen LogP contribution in [0.1, 0.15) is 18.4 Å². The van der Waals surface area contributed by atoms with Gasteiger partial charge >= 0.3 is 5.97 Å². The van der Waals surface area contributed by atoms with Crippen molar-refractivity contribution >= 4 is 16.9 Å². The molecule has 0 atom stereocenters. The second-order valence-corrected chi connectivity index (χ2v) is 5.38. The molecule has 1 aliphatic heterocycles. The van der Waals surface area contributed by atoms with Gasteiger partial charge in [0.1, 0.15) is 0 Å². The van der Waals surface area contributed by atoms with Crippen LogP contribution >= 0.6 is 0 Å². The summed E-state index contributed by atoms with van der Waals surface area (Å²) in [5.74, 6) is -0.820. The highest BCUT2D eigenvalue weighted by Crippen LogP contribution is 2.22. The molecule has 0 aliphatic carbocycles. The number of para-hydroxylation sites is 1. The first kappa shape index (κ1) is 13.1. The Morgan fingerprint density at radius 2 is 2.00 bits per heavy atom. The zero-order valence-corrected chi connectivity index (χ0v) is 11.3. The van der Waals surface area contributed by atoms with Crippen molar-refractivity contribution in [1.29, 1.82) is 0 Å². The van der Waals surface area contributed by atoms with Crippen molar-refractivity contribution in [3.05, 3.63) is 42.1 Å². The van der Waals surface area contributed by atoms with E-state index in [1.165, 1.54) is 10.9 Å². The lowest BCUT2D eigenvalue weighted by atomic mass is 9.96. The van der Waals surface area contributed by atoms with Gasteiger partial charge in [0.15, 0.2) is 0 Å². The maximum Gasteiger partial charge on any atom is 0.306 e. The van der Waals surface area contributed by atoms with Gasteiger partial charge in [-0.05, 0) is 43.6 Å². The number of rotatable bonds is 3. The predicted molar refractivity (Wildman–Crippen MR) is 77.4 cm³/mol. The normalized spacial score (nSPS) is 17.4. The Bertz CT molecular complexity index is 613. The van der Waals surface area contributed by atoms with Crippen molar-refractivity contribution in [2.24, 2.45) is 5.92 Å². The summed E-state index contributed by atoms with van der Waals surface area (Å²) in [5, 5.41) is 10.2. The number of hydrogen-bond donors (Lipinski definition) is 1. The number of carbonyl (C=O) groups is 1. The first-order valence-electron chi connectivity index (χ1n) is 7.02. The Balaban J connectivity index is 1.73. The molecule has 0 saturated carbocycles. The van der Waals surface area contributed by atoms with Crippen molar-refractivity contribution in [1.82, 2.24) is 9.88 Å². The Labute approximate surface area is 118 Å². The molecule has 2 heterocycles. The van der Waals surface area contributed by atoms with Crippen LogP contribution in [0.2, 0.25) is 0 Å². The molecule has 104 valence electrons. The van der Waals surface area contributed by atoms with Crippen LogP contribution in [0.5, 0.6) is 0 Å². The number of pyridine rings is 1. The molecule has 0 unspecified atom stereocenters. The van der Waals surface area contributed by atoms with Crippen LogP contribution in [-0.2, 0) is 11.3 Å². The van der Waals surface area contributed by atoms with E-state index >= 15 is 0 Å². The minimum absolute atomic E-state index is 0.166. The van der Waals surface area contributed by atoms with Gasteiger partial charge in [0.2, 0.25) is 0 Å². The maximum atomic E-state index is 11.0. The molecular formula is C16H18N2O2. The predicted octanol–water partition coefficient (Wildman–Crippen LogP) is 2.53. The van der Waals surface area contributed by atoms with Crippen molar-refractivity contribution in [2.75, 3.05) is 13.1 Å². The summed E-state index contributed by atoms with van der Waals surface area (Å²) in [6.45, 7) is 2.58. The smallest absolute Gasteiger partial charge is 0.306 e. The van der Waals surface area contributed by atoms with Crippen LogP contribution in [0.3, 0.4) is 0 Å². The highest BCUT2D eigenvalue weighted by atomic mass is 16.4. The molecule has 1 N–H and O–H groups in total. The fourth-order valence-electron chi connectivity index (χ4n) is 2.87. The van der Waals surface area contributed by atoms with Crippen LogP contribution < -0.4 is 0 Å². The summed E-state index contributed by atoms with van der Waals surface area (Å²) in [6.07, 6.45) is 3.35. The Hall–Kier alpha value is -1.94. The number of aromatic nitrogens is 1. The second kappa shape index (κ2) is 5.59. The van der Waals surface area contributed by atoms with E-state index in [-0.39, 0.29) is 5.92 Å². The third kappa shape index (κ3) is 2.65. The molecule has 4 nitrogen and oxygen atoms in total. The number of carboxylic acid groups (broad SMARTS) is 1. The minimum Gasteiger partial charge on any atom is -0.481 e. The van der Waals surface area contributed by atoms with Crippen LogP contribution in [0.4, 0.5) is 0 Å². The third-order valence-corrected chi connectivity index (χ3v) is 4.07. The largest absolute Gasteiger partial charge is 0.481 e. The molecule has 3 rings (SSSR count). The second-order valence-electron chi connectivity index (χ2n) is 5.38. The number of carboxylic acids is 1. The van der Waals surface area contributed by atoms with Gasteiger partial charge < -0.3 is 5.11 Å². The zero-order chi connectivity index (χ0) is 13.9. The summed E-state index contributed by atoms with van der Waals surface area (Å²) in [6, 6.07) is 10.2. The summed E-state index contributed by atoms with van der Waals surface area (Å²) in [7, 11) is 0. The van der Waals surface area contributed by atoms with Gasteiger partial charge in [-0.3, -0.25) is 14.7 Å². The number of benzene rings is 1. The van der Waals surface area contributed by atoms with Crippen LogP contribution in [0.25, 0.3) is 10.9 Å². The summed E-state index contributed by atoms with van der Waals surface area (Å²) in [4.78, 5) is 17.7. The van der Waals surface area contributed by atoms with Gasteiger partial charge in [0, 0.05) is 18.1 Å². The molecule has 1 aromatic heterocycles. The van der Waals surface area contributed by atoms with Crippen molar-refractivity contribution < 1.29 is 9.90 Å². The molecule has 20 heavy (non-hydrogen) atoms. The number of fused-ring (bicyclic) bond motifs is 1. The topological polar surface area (TPSA) is 53.4 Å². The molecule has 0 radical (unpaired) electrons. The fourth-order valence-corrected chi connectivity index (χ4v) is 2.87. The first-order chi connectivity index (χ1) is 9.74.